The fraction of sp³-hybridized carbons (Fsp3) is 0. The molecule has 0 aliphatic carbocycles. The number of fused-ring (bicyclic) bond motifs is 2. The minimum atomic E-state index is 0.594. The Hall–Kier alpha value is -7.37. The minimum Gasteiger partial charge on any atom is -0.456 e. The summed E-state index contributed by atoms with van der Waals surface area (Å²) < 4.78 is 6.70. The van der Waals surface area contributed by atoms with Gasteiger partial charge in [0.2, 0.25) is 0 Å². The van der Waals surface area contributed by atoms with E-state index in [1.165, 1.54) is 0 Å². The van der Waals surface area contributed by atoms with Gasteiger partial charge in [0.25, 0.3) is 0 Å². The largest absolute Gasteiger partial charge is 0.456 e. The van der Waals surface area contributed by atoms with E-state index in [-0.39, 0.29) is 0 Å². The summed E-state index contributed by atoms with van der Waals surface area (Å²) in [6.07, 6.45) is 0. The molecule has 0 bridgehead atoms. The van der Waals surface area contributed by atoms with Crippen molar-refractivity contribution in [3.8, 4) is 67.9 Å². The van der Waals surface area contributed by atoms with Gasteiger partial charge in [0.05, 0.1) is 0 Å². The van der Waals surface area contributed by atoms with Crippen LogP contribution in [-0.2, 0) is 0 Å². The molecule has 254 valence electrons. The lowest BCUT2D eigenvalue weighted by Crippen LogP contribution is -2.09. The van der Waals surface area contributed by atoms with Crippen LogP contribution in [0.2, 0.25) is 0 Å². The molecule has 8 aromatic carbocycles. The molecular weight excluding hydrogens is 661 g/mol. The molecule has 54 heavy (non-hydrogen) atoms. The summed E-state index contributed by atoms with van der Waals surface area (Å²) in [5, 5.41) is 2.18. The van der Waals surface area contributed by atoms with E-state index in [1.54, 1.807) is 0 Å². The van der Waals surface area contributed by atoms with Gasteiger partial charge < -0.3 is 9.64 Å². The Bertz CT molecular complexity index is 2680. The number of aromatic nitrogens is 3. The molecule has 5 nitrogen and oxygen atoms in total. The van der Waals surface area contributed by atoms with Gasteiger partial charge in [0.15, 0.2) is 17.5 Å². The van der Waals surface area contributed by atoms with Crippen molar-refractivity contribution in [2.24, 2.45) is 0 Å². The first-order valence-corrected chi connectivity index (χ1v) is 18.0. The molecule has 1 aromatic heterocycles. The second-order valence-corrected chi connectivity index (χ2v) is 13.2. The van der Waals surface area contributed by atoms with Crippen molar-refractivity contribution in [2.75, 3.05) is 4.90 Å². The maximum Gasteiger partial charge on any atom is 0.164 e. The molecule has 0 amide bonds. The maximum atomic E-state index is 6.70. The van der Waals surface area contributed by atoms with Crippen LogP contribution in [0.5, 0.6) is 11.5 Å². The third-order valence-corrected chi connectivity index (χ3v) is 9.92. The number of rotatable bonds is 7. The average molecular weight is 693 g/mol. The van der Waals surface area contributed by atoms with E-state index in [4.69, 9.17) is 19.7 Å². The molecule has 5 heteroatoms. The van der Waals surface area contributed by atoms with Crippen molar-refractivity contribution in [2.45, 2.75) is 0 Å². The third kappa shape index (κ3) is 5.56. The molecule has 2 heterocycles. The van der Waals surface area contributed by atoms with Crippen molar-refractivity contribution in [1.29, 1.82) is 0 Å². The van der Waals surface area contributed by atoms with E-state index < -0.39 is 0 Å². The predicted molar refractivity (Wildman–Crippen MR) is 219 cm³/mol. The monoisotopic (exact) mass is 692 g/mol. The van der Waals surface area contributed by atoms with Crippen LogP contribution in [0, 0.1) is 0 Å². The van der Waals surface area contributed by atoms with Gasteiger partial charge in [-0.05, 0) is 70.6 Å². The maximum absolute atomic E-state index is 6.70. The quantitative estimate of drug-likeness (QED) is 0.166. The van der Waals surface area contributed by atoms with Crippen molar-refractivity contribution in [3.05, 3.63) is 194 Å². The van der Waals surface area contributed by atoms with Gasteiger partial charge in [-0.25, -0.2) is 15.0 Å². The highest BCUT2D eigenvalue weighted by molar-refractivity contribution is 6.11. The smallest absolute Gasteiger partial charge is 0.164 e. The van der Waals surface area contributed by atoms with Crippen LogP contribution < -0.4 is 9.64 Å². The van der Waals surface area contributed by atoms with E-state index in [9.17, 15) is 0 Å². The summed E-state index contributed by atoms with van der Waals surface area (Å²) in [6.45, 7) is 0. The van der Waals surface area contributed by atoms with Gasteiger partial charge in [0, 0.05) is 44.7 Å². The summed E-state index contributed by atoms with van der Waals surface area (Å²) in [4.78, 5) is 17.4. The van der Waals surface area contributed by atoms with Crippen LogP contribution in [0.1, 0.15) is 0 Å². The number of benzene rings is 8. The van der Waals surface area contributed by atoms with Crippen molar-refractivity contribution in [3.63, 3.8) is 0 Å². The summed E-state index contributed by atoms with van der Waals surface area (Å²) in [5.41, 5.74) is 10.4. The molecule has 0 atom stereocenters. The number of ether oxygens (including phenoxy) is 1. The van der Waals surface area contributed by atoms with E-state index in [2.05, 4.69) is 114 Å². The van der Waals surface area contributed by atoms with Crippen LogP contribution in [0.25, 0.3) is 67.2 Å². The normalized spacial score (nSPS) is 11.5. The molecule has 1 aliphatic rings. The van der Waals surface area contributed by atoms with E-state index >= 15 is 0 Å². The number of para-hydroxylation sites is 2. The zero-order chi connectivity index (χ0) is 35.8. The Labute approximate surface area is 313 Å². The standard InChI is InChI=1S/C49H32N4O/c1-5-15-34(16-6-1)47-50-48(35-17-7-2-8-18-35)52-49(51-47)42-25-14-26-43-46(42)41-24-13-23-40-39(31-32-44(54-43)45(40)41)33-27-29-38(30-28-33)53(36-19-9-3-10-20-36)37-21-11-4-12-22-37/h1-32H. The Balaban J connectivity index is 1.10. The molecular formula is C49H32N4O. The molecule has 0 spiro atoms. The molecule has 0 N–H and O–H groups in total. The number of nitrogens with zero attached hydrogens (tertiary/aromatic N) is 4. The third-order valence-electron chi connectivity index (χ3n) is 9.92. The molecule has 0 saturated heterocycles. The lowest BCUT2D eigenvalue weighted by atomic mass is 9.88. The van der Waals surface area contributed by atoms with E-state index in [0.717, 1.165) is 78.3 Å². The van der Waals surface area contributed by atoms with Gasteiger partial charge in [-0.3, -0.25) is 0 Å². The first-order valence-electron chi connectivity index (χ1n) is 18.0. The molecule has 10 rings (SSSR count). The minimum absolute atomic E-state index is 0.594. The zero-order valence-corrected chi connectivity index (χ0v) is 29.2. The van der Waals surface area contributed by atoms with Gasteiger partial charge in [-0.2, -0.15) is 0 Å². The highest BCUT2D eigenvalue weighted by atomic mass is 16.5. The Kier molecular flexibility index (Phi) is 7.73. The first kappa shape index (κ1) is 31.4. The van der Waals surface area contributed by atoms with Crippen LogP contribution in [-0.4, -0.2) is 15.0 Å². The fourth-order valence-electron chi connectivity index (χ4n) is 7.44. The SMILES string of the molecule is c1ccc(-c2nc(-c3ccccc3)nc(-c3cccc4c3-c3cccc5c(-c6ccc(N(c7ccccc7)c7ccccc7)cc6)ccc(c35)O4)n2)cc1. The average Bonchev–Trinajstić information content (AvgIpc) is 3.25. The van der Waals surface area contributed by atoms with Gasteiger partial charge in [-0.15, -0.1) is 0 Å². The van der Waals surface area contributed by atoms with Crippen molar-refractivity contribution >= 4 is 27.8 Å². The van der Waals surface area contributed by atoms with Gasteiger partial charge in [-0.1, -0.05) is 146 Å². The molecule has 1 aliphatic heterocycles. The lowest BCUT2D eigenvalue weighted by Gasteiger charge is -2.26. The Morgan fingerprint density at radius 3 is 1.46 bits per heavy atom. The van der Waals surface area contributed by atoms with Gasteiger partial charge >= 0.3 is 0 Å². The van der Waals surface area contributed by atoms with E-state index in [1.807, 2.05) is 84.9 Å². The van der Waals surface area contributed by atoms with Crippen molar-refractivity contribution in [1.82, 2.24) is 15.0 Å². The lowest BCUT2D eigenvalue weighted by molar-refractivity contribution is 0.487. The zero-order valence-electron chi connectivity index (χ0n) is 29.2. The number of hydrogen-bond acceptors (Lipinski definition) is 5. The number of anilines is 3. The fourth-order valence-corrected chi connectivity index (χ4v) is 7.44. The second-order valence-electron chi connectivity index (χ2n) is 13.2. The summed E-state index contributed by atoms with van der Waals surface area (Å²) >= 11 is 0. The second kappa shape index (κ2) is 13.3. The van der Waals surface area contributed by atoms with Crippen LogP contribution >= 0.6 is 0 Å². The summed E-state index contributed by atoms with van der Waals surface area (Å²) in [5.74, 6) is 3.44. The highest BCUT2D eigenvalue weighted by Gasteiger charge is 2.26. The number of hydrogen-bond donors (Lipinski definition) is 0. The molecule has 0 unspecified atom stereocenters. The summed E-state index contributed by atoms with van der Waals surface area (Å²) in [7, 11) is 0. The van der Waals surface area contributed by atoms with E-state index in [0.29, 0.717) is 17.5 Å². The first-order chi connectivity index (χ1) is 26.8. The summed E-state index contributed by atoms with van der Waals surface area (Å²) in [6, 6.07) is 66.8. The molecule has 0 fully saturated rings. The Morgan fingerprint density at radius 1 is 0.333 bits per heavy atom. The highest BCUT2D eigenvalue weighted by Crippen LogP contribution is 2.51. The van der Waals surface area contributed by atoms with Crippen LogP contribution in [0.4, 0.5) is 17.1 Å². The van der Waals surface area contributed by atoms with Crippen LogP contribution in [0.3, 0.4) is 0 Å². The van der Waals surface area contributed by atoms with Gasteiger partial charge in [0.1, 0.15) is 11.5 Å². The molecule has 0 saturated carbocycles. The predicted octanol–water partition coefficient (Wildman–Crippen LogP) is 12.9. The molecule has 9 aromatic rings. The Morgan fingerprint density at radius 2 is 0.852 bits per heavy atom. The van der Waals surface area contributed by atoms with Crippen molar-refractivity contribution < 1.29 is 4.74 Å². The topological polar surface area (TPSA) is 51.1 Å². The molecule has 0 radical (unpaired) electrons. The van der Waals surface area contributed by atoms with Crippen LogP contribution in [0.15, 0.2) is 194 Å².